The van der Waals surface area contributed by atoms with E-state index in [-0.39, 0.29) is 6.04 Å². The Morgan fingerprint density at radius 2 is 1.81 bits per heavy atom. The zero-order valence-corrected chi connectivity index (χ0v) is 15.3. The molecule has 1 aromatic carbocycles. The van der Waals surface area contributed by atoms with Crippen molar-refractivity contribution in [3.05, 3.63) is 65.8 Å². The second-order valence-corrected chi connectivity index (χ2v) is 6.17. The first-order valence-corrected chi connectivity index (χ1v) is 8.50. The predicted molar refractivity (Wildman–Crippen MR) is 101 cm³/mol. The fourth-order valence-corrected chi connectivity index (χ4v) is 2.51. The van der Waals surface area contributed by atoms with Crippen molar-refractivity contribution in [2.45, 2.75) is 26.8 Å². The first-order valence-electron chi connectivity index (χ1n) is 8.50. The summed E-state index contributed by atoms with van der Waals surface area (Å²) in [5, 5.41) is 5.26. The molecule has 2 amide bonds. The summed E-state index contributed by atoms with van der Waals surface area (Å²) in [4.78, 5) is 32.7. The lowest BCUT2D eigenvalue weighted by Gasteiger charge is -2.14. The molecule has 2 heterocycles. The van der Waals surface area contributed by atoms with Gasteiger partial charge in [0.2, 0.25) is 5.89 Å². The fourth-order valence-electron chi connectivity index (χ4n) is 2.51. The van der Waals surface area contributed by atoms with E-state index in [1.807, 2.05) is 19.9 Å². The van der Waals surface area contributed by atoms with E-state index in [1.165, 1.54) is 0 Å². The van der Waals surface area contributed by atoms with E-state index < -0.39 is 11.8 Å². The molecule has 138 valence electrons. The van der Waals surface area contributed by atoms with Crippen LogP contribution in [0.25, 0.3) is 11.5 Å². The van der Waals surface area contributed by atoms with E-state index in [9.17, 15) is 9.59 Å². The van der Waals surface area contributed by atoms with Gasteiger partial charge in [-0.25, -0.2) is 4.98 Å². The molecule has 2 aromatic heterocycles. The molecule has 7 nitrogen and oxygen atoms in total. The summed E-state index contributed by atoms with van der Waals surface area (Å²) in [5.41, 5.74) is 2.87. The molecule has 27 heavy (non-hydrogen) atoms. The Bertz CT molecular complexity index is 947. The van der Waals surface area contributed by atoms with E-state index in [0.717, 1.165) is 22.6 Å². The molecule has 0 aliphatic carbocycles. The van der Waals surface area contributed by atoms with Crippen LogP contribution in [0, 0.1) is 13.8 Å². The Morgan fingerprint density at radius 3 is 2.48 bits per heavy atom. The summed E-state index contributed by atoms with van der Waals surface area (Å²) in [6.07, 6.45) is 3.27. The molecule has 3 aromatic rings. The number of nitrogens with one attached hydrogen (secondary N) is 2. The van der Waals surface area contributed by atoms with Crippen LogP contribution in [0.3, 0.4) is 0 Å². The molecule has 0 aliphatic rings. The number of hydrogen-bond acceptors (Lipinski definition) is 5. The van der Waals surface area contributed by atoms with Gasteiger partial charge in [0.15, 0.2) is 0 Å². The molecule has 0 aliphatic heterocycles. The van der Waals surface area contributed by atoms with E-state index in [4.69, 9.17) is 4.42 Å². The van der Waals surface area contributed by atoms with Crippen LogP contribution in [0.5, 0.6) is 0 Å². The number of aryl methyl sites for hydroxylation is 2. The third-order valence-corrected chi connectivity index (χ3v) is 4.16. The molecule has 3 rings (SSSR count). The van der Waals surface area contributed by atoms with Crippen molar-refractivity contribution >= 4 is 17.5 Å². The van der Waals surface area contributed by atoms with Crippen LogP contribution in [0.1, 0.15) is 30.0 Å². The number of carbonyl (C=O) groups excluding carboxylic acids is 2. The van der Waals surface area contributed by atoms with Crippen LogP contribution in [0.15, 0.2) is 53.2 Å². The largest absolute Gasteiger partial charge is 0.441 e. The standard InChI is InChI=1S/C20H20N4O3/c1-12-14(3)27-20(23-12)16-5-4-6-17(11-16)24-19(26)18(25)22-13(2)15-7-9-21-10-8-15/h4-11,13H,1-3H3,(H,22,25)(H,24,26). The van der Waals surface area contributed by atoms with E-state index in [2.05, 4.69) is 20.6 Å². The normalized spacial score (nSPS) is 11.7. The Balaban J connectivity index is 1.67. The molecule has 0 spiro atoms. The second-order valence-electron chi connectivity index (χ2n) is 6.17. The molecule has 1 unspecified atom stereocenters. The number of pyridine rings is 1. The smallest absolute Gasteiger partial charge is 0.313 e. The summed E-state index contributed by atoms with van der Waals surface area (Å²) < 4.78 is 5.60. The van der Waals surface area contributed by atoms with Crippen molar-refractivity contribution in [2.24, 2.45) is 0 Å². The number of anilines is 1. The monoisotopic (exact) mass is 364 g/mol. The highest BCUT2D eigenvalue weighted by atomic mass is 16.4. The van der Waals surface area contributed by atoms with E-state index >= 15 is 0 Å². The van der Waals surface area contributed by atoms with Crippen molar-refractivity contribution in [1.82, 2.24) is 15.3 Å². The van der Waals surface area contributed by atoms with Gasteiger partial charge < -0.3 is 15.1 Å². The first kappa shape index (κ1) is 18.3. The maximum atomic E-state index is 12.2. The Hall–Kier alpha value is -3.48. The lowest BCUT2D eigenvalue weighted by Crippen LogP contribution is -2.36. The minimum atomic E-state index is -0.743. The topological polar surface area (TPSA) is 97.1 Å². The molecule has 7 heteroatoms. The van der Waals surface area contributed by atoms with Gasteiger partial charge in [-0.05, 0) is 56.7 Å². The minimum Gasteiger partial charge on any atom is -0.441 e. The van der Waals surface area contributed by atoms with Gasteiger partial charge in [-0.2, -0.15) is 0 Å². The predicted octanol–water partition coefficient (Wildman–Crippen LogP) is 3.17. The van der Waals surface area contributed by atoms with Gasteiger partial charge in [-0.1, -0.05) is 6.07 Å². The summed E-state index contributed by atoms with van der Waals surface area (Å²) >= 11 is 0. The van der Waals surface area contributed by atoms with E-state index in [1.54, 1.807) is 49.6 Å². The van der Waals surface area contributed by atoms with Crippen molar-refractivity contribution in [2.75, 3.05) is 5.32 Å². The summed E-state index contributed by atoms with van der Waals surface area (Å²) in [6.45, 7) is 5.50. The quantitative estimate of drug-likeness (QED) is 0.693. The van der Waals surface area contributed by atoms with Crippen molar-refractivity contribution in [3.8, 4) is 11.5 Å². The van der Waals surface area contributed by atoms with Crippen molar-refractivity contribution in [3.63, 3.8) is 0 Å². The summed E-state index contributed by atoms with van der Waals surface area (Å²) in [6, 6.07) is 10.3. The van der Waals surface area contributed by atoms with Gasteiger partial charge in [0.1, 0.15) is 5.76 Å². The van der Waals surface area contributed by atoms with Gasteiger partial charge in [0, 0.05) is 23.6 Å². The molecule has 2 N–H and O–H groups in total. The van der Waals surface area contributed by atoms with Crippen LogP contribution in [0.2, 0.25) is 0 Å². The number of oxazole rings is 1. The van der Waals surface area contributed by atoms with Gasteiger partial charge in [-0.15, -0.1) is 0 Å². The number of nitrogens with zero attached hydrogens (tertiary/aromatic N) is 2. The lowest BCUT2D eigenvalue weighted by molar-refractivity contribution is -0.136. The van der Waals surface area contributed by atoms with Crippen LogP contribution in [0.4, 0.5) is 5.69 Å². The maximum Gasteiger partial charge on any atom is 0.313 e. The third kappa shape index (κ3) is 4.38. The fraction of sp³-hybridized carbons (Fsp3) is 0.200. The van der Waals surface area contributed by atoms with Crippen molar-refractivity contribution in [1.29, 1.82) is 0 Å². The van der Waals surface area contributed by atoms with Crippen LogP contribution in [-0.4, -0.2) is 21.8 Å². The zero-order chi connectivity index (χ0) is 19.4. The lowest BCUT2D eigenvalue weighted by atomic mass is 10.1. The Kier molecular flexibility index (Phi) is 5.30. The zero-order valence-electron chi connectivity index (χ0n) is 15.3. The van der Waals surface area contributed by atoms with Gasteiger partial charge in [0.05, 0.1) is 11.7 Å². The molecule has 0 fully saturated rings. The molecule has 0 saturated carbocycles. The average Bonchev–Trinajstić information content (AvgIpc) is 3.01. The number of aromatic nitrogens is 2. The number of hydrogen-bond donors (Lipinski definition) is 2. The maximum absolute atomic E-state index is 12.2. The third-order valence-electron chi connectivity index (χ3n) is 4.16. The highest BCUT2D eigenvalue weighted by Gasteiger charge is 2.18. The summed E-state index contributed by atoms with van der Waals surface area (Å²) in [7, 11) is 0. The number of carbonyl (C=O) groups is 2. The van der Waals surface area contributed by atoms with Crippen LogP contribution >= 0.6 is 0 Å². The molecule has 0 radical (unpaired) electrons. The van der Waals surface area contributed by atoms with Crippen LogP contribution in [-0.2, 0) is 9.59 Å². The highest BCUT2D eigenvalue weighted by molar-refractivity contribution is 6.39. The summed E-state index contributed by atoms with van der Waals surface area (Å²) in [5.74, 6) is -0.249. The highest BCUT2D eigenvalue weighted by Crippen LogP contribution is 2.24. The SMILES string of the molecule is Cc1nc(-c2cccc(NC(=O)C(=O)NC(C)c3ccncc3)c2)oc1C. The average molecular weight is 364 g/mol. The van der Waals surface area contributed by atoms with E-state index in [0.29, 0.717) is 11.6 Å². The second kappa shape index (κ2) is 7.82. The Morgan fingerprint density at radius 1 is 1.07 bits per heavy atom. The number of amides is 2. The Labute approximate surface area is 156 Å². The molecule has 1 atom stereocenters. The molecule has 0 saturated heterocycles. The van der Waals surface area contributed by atoms with Crippen molar-refractivity contribution < 1.29 is 14.0 Å². The van der Waals surface area contributed by atoms with Gasteiger partial charge in [0.25, 0.3) is 0 Å². The van der Waals surface area contributed by atoms with Gasteiger partial charge in [-0.3, -0.25) is 14.6 Å². The van der Waals surface area contributed by atoms with Crippen LogP contribution < -0.4 is 10.6 Å². The van der Waals surface area contributed by atoms with Gasteiger partial charge >= 0.3 is 11.8 Å². The molecular formula is C20H20N4O3. The first-order chi connectivity index (χ1) is 12.9. The minimum absolute atomic E-state index is 0.309. The number of benzene rings is 1. The molecule has 0 bridgehead atoms. The molecular weight excluding hydrogens is 344 g/mol. The number of rotatable bonds is 4.